The van der Waals surface area contributed by atoms with Crippen LogP contribution in [-0.2, 0) is 11.3 Å². The number of amides is 1. The van der Waals surface area contributed by atoms with Crippen molar-refractivity contribution in [3.8, 4) is 0 Å². The number of carbonyl (C=O) groups is 1. The van der Waals surface area contributed by atoms with Gasteiger partial charge >= 0.3 is 0 Å². The average molecular weight is 470 g/mol. The summed E-state index contributed by atoms with van der Waals surface area (Å²) in [5, 5.41) is 2.67. The molecule has 2 aromatic rings. The topological polar surface area (TPSA) is 150 Å². The van der Waals surface area contributed by atoms with E-state index in [0.717, 1.165) is 5.56 Å². The van der Waals surface area contributed by atoms with Crippen molar-refractivity contribution in [1.82, 2.24) is 15.3 Å². The van der Waals surface area contributed by atoms with Gasteiger partial charge in [-0.3, -0.25) is 9.00 Å². The van der Waals surface area contributed by atoms with E-state index in [1.54, 1.807) is 12.1 Å². The van der Waals surface area contributed by atoms with Gasteiger partial charge in [0.05, 0.1) is 33.7 Å². The Morgan fingerprint density at radius 1 is 1.19 bits per heavy atom. The molecule has 0 aliphatic carbocycles. The summed E-state index contributed by atoms with van der Waals surface area (Å²) in [6.45, 7) is 4.01. The first kappa shape index (κ1) is 24.8. The van der Waals surface area contributed by atoms with E-state index in [0.29, 0.717) is 42.8 Å². The molecule has 170 valence electrons. The van der Waals surface area contributed by atoms with Crippen LogP contribution < -0.4 is 21.1 Å². The van der Waals surface area contributed by atoms with Gasteiger partial charge in [0.25, 0.3) is 5.91 Å². The maximum atomic E-state index is 12.3. The Morgan fingerprint density at radius 3 is 2.45 bits per heavy atom. The molecule has 12 heteroatoms. The van der Waals surface area contributed by atoms with Crippen LogP contribution in [0.4, 0.5) is 17.3 Å². The zero-order chi connectivity index (χ0) is 23.2. The number of quaternary nitrogens is 1. The van der Waals surface area contributed by atoms with Crippen molar-refractivity contribution in [2.75, 3.05) is 56.0 Å². The van der Waals surface area contributed by atoms with Crippen molar-refractivity contribution in [1.29, 1.82) is 0 Å². The lowest BCUT2D eigenvalue weighted by atomic mass is 10.2. The fraction of sp³-hybridized carbons (Fsp3) is 0.421. The molecule has 1 unspecified atom stereocenters. The van der Waals surface area contributed by atoms with Crippen LogP contribution in [0.2, 0.25) is 5.15 Å². The maximum absolute atomic E-state index is 12.3. The fourth-order valence-electron chi connectivity index (χ4n) is 2.92. The Labute approximate surface area is 189 Å². The molecule has 1 aromatic heterocycles. The van der Waals surface area contributed by atoms with Crippen LogP contribution in [-0.4, -0.2) is 69.4 Å². The van der Waals surface area contributed by atoms with E-state index in [-0.39, 0.29) is 22.5 Å². The summed E-state index contributed by atoms with van der Waals surface area (Å²) in [5.41, 5.74) is 12.8. The van der Waals surface area contributed by atoms with Crippen LogP contribution in [0.1, 0.15) is 22.5 Å². The summed E-state index contributed by atoms with van der Waals surface area (Å²) >= 11 is 3.46. The summed E-state index contributed by atoms with van der Waals surface area (Å²) in [5.74, 6) is -0.610. The molecule has 1 heterocycles. The Bertz CT molecular complexity index is 941. The Kier molecular flexibility index (Phi) is 8.57. The molecule has 0 bridgehead atoms. The molecule has 5 N–H and O–H groups in total. The van der Waals surface area contributed by atoms with Gasteiger partial charge in [-0.2, -0.15) is 0 Å². The van der Waals surface area contributed by atoms with Gasteiger partial charge in [-0.1, -0.05) is 29.3 Å². The predicted molar refractivity (Wildman–Crippen MR) is 122 cm³/mol. The summed E-state index contributed by atoms with van der Waals surface area (Å²) in [4.78, 5) is 20.0. The summed E-state index contributed by atoms with van der Waals surface area (Å²) < 4.78 is 25.2. The number of halogens is 1. The Hall–Kier alpha value is -2.47. The first-order chi connectivity index (χ1) is 14.5. The molecule has 0 saturated heterocycles. The monoisotopic (exact) mass is 469 g/mol. The molecular weight excluding hydrogens is 442 g/mol. The first-order valence-corrected chi connectivity index (χ1v) is 11.0. The van der Waals surface area contributed by atoms with Gasteiger partial charge in [0.1, 0.15) is 0 Å². The minimum Gasteiger partial charge on any atom is -0.755 e. The number of anilines is 3. The van der Waals surface area contributed by atoms with E-state index in [1.807, 2.05) is 33.2 Å². The van der Waals surface area contributed by atoms with E-state index in [2.05, 4.69) is 15.3 Å². The van der Waals surface area contributed by atoms with Crippen molar-refractivity contribution in [3.05, 3.63) is 40.7 Å². The van der Waals surface area contributed by atoms with E-state index >= 15 is 0 Å². The van der Waals surface area contributed by atoms with Gasteiger partial charge in [0.15, 0.2) is 22.5 Å². The lowest BCUT2D eigenvalue weighted by Crippen LogP contribution is -2.47. The quantitative estimate of drug-likeness (QED) is 0.348. The number of likely N-dealkylation sites (N-methyl/N-ethyl adjacent to an activating group) is 1. The Morgan fingerprint density at radius 2 is 1.84 bits per heavy atom. The normalized spacial score (nSPS) is 12.4. The van der Waals surface area contributed by atoms with Gasteiger partial charge in [0.2, 0.25) is 0 Å². The average Bonchev–Trinajstić information content (AvgIpc) is 2.68. The van der Waals surface area contributed by atoms with Crippen molar-refractivity contribution in [3.63, 3.8) is 0 Å². The predicted octanol–water partition coefficient (Wildman–Crippen LogP) is 1.10. The molecule has 1 aromatic carbocycles. The van der Waals surface area contributed by atoms with Crippen molar-refractivity contribution in [2.45, 2.75) is 13.3 Å². The van der Waals surface area contributed by atoms with Crippen LogP contribution in [0.3, 0.4) is 0 Å². The van der Waals surface area contributed by atoms with Crippen molar-refractivity contribution < 1.29 is 18.0 Å². The number of carbonyl (C=O) groups excluding carboxylic acids is 1. The largest absolute Gasteiger partial charge is 0.755 e. The molecule has 10 nitrogen and oxygen atoms in total. The Balaban J connectivity index is 1.84. The van der Waals surface area contributed by atoms with Crippen molar-refractivity contribution in [2.24, 2.45) is 0 Å². The van der Waals surface area contributed by atoms with Crippen LogP contribution in [0.25, 0.3) is 0 Å². The molecule has 2 rings (SSSR count). The van der Waals surface area contributed by atoms with Crippen molar-refractivity contribution >= 4 is 46.1 Å². The van der Waals surface area contributed by atoms with E-state index in [9.17, 15) is 13.6 Å². The number of nitrogens with zero attached hydrogens (tertiary/aromatic N) is 4. The highest BCUT2D eigenvalue weighted by atomic mass is 35.5. The van der Waals surface area contributed by atoms with Gasteiger partial charge < -0.3 is 30.1 Å². The number of benzene rings is 1. The number of hydrogen-bond acceptors (Lipinski definition) is 7. The second-order valence-electron chi connectivity index (χ2n) is 7.78. The van der Waals surface area contributed by atoms with Crippen LogP contribution in [0.15, 0.2) is 24.3 Å². The highest BCUT2D eigenvalue weighted by Gasteiger charge is 2.19. The summed E-state index contributed by atoms with van der Waals surface area (Å²) in [6.07, 6.45) is 0.648. The van der Waals surface area contributed by atoms with E-state index in [4.69, 9.17) is 23.1 Å². The minimum atomic E-state index is -2.35. The molecule has 0 aliphatic heterocycles. The molecule has 1 atom stereocenters. The second kappa shape index (κ2) is 10.7. The van der Waals surface area contributed by atoms with Gasteiger partial charge in [-0.15, -0.1) is 0 Å². The van der Waals surface area contributed by atoms with Crippen LogP contribution in [0.5, 0.6) is 0 Å². The third-order valence-corrected chi connectivity index (χ3v) is 5.78. The number of nitrogen functional groups attached to an aromatic ring is 2. The SMILES string of the molecule is Cc1ccc(N(CCC[N+](C)(C)CCNC(=O)c2nc(Cl)c(N)nc2N)S(=O)[O-])cc1. The highest BCUT2D eigenvalue weighted by molar-refractivity contribution is 7.80. The number of aromatic nitrogens is 2. The zero-order valence-corrected chi connectivity index (χ0v) is 19.4. The molecule has 0 aliphatic rings. The molecule has 31 heavy (non-hydrogen) atoms. The first-order valence-electron chi connectivity index (χ1n) is 9.62. The molecule has 0 radical (unpaired) electrons. The van der Waals surface area contributed by atoms with Gasteiger partial charge in [0, 0.05) is 29.9 Å². The van der Waals surface area contributed by atoms with Gasteiger partial charge in [-0.05, 0) is 19.1 Å². The summed E-state index contributed by atoms with van der Waals surface area (Å²) in [6, 6.07) is 7.34. The van der Waals surface area contributed by atoms with Crippen LogP contribution in [0, 0.1) is 6.92 Å². The van der Waals surface area contributed by atoms with Gasteiger partial charge in [-0.25, -0.2) is 9.97 Å². The lowest BCUT2D eigenvalue weighted by Gasteiger charge is -2.32. The van der Waals surface area contributed by atoms with E-state index < -0.39 is 17.2 Å². The number of nitrogens with one attached hydrogen (secondary N) is 1. The zero-order valence-electron chi connectivity index (χ0n) is 17.8. The number of rotatable bonds is 10. The molecule has 1 amide bonds. The highest BCUT2D eigenvalue weighted by Crippen LogP contribution is 2.18. The fourth-order valence-corrected chi connectivity index (χ4v) is 3.62. The minimum absolute atomic E-state index is 0.0350. The lowest BCUT2D eigenvalue weighted by molar-refractivity contribution is -0.889. The third-order valence-electron chi connectivity index (χ3n) is 4.75. The third kappa shape index (κ3) is 7.31. The number of nitrogens with two attached hydrogens (primary N) is 2. The second-order valence-corrected chi connectivity index (χ2v) is 9.01. The van der Waals surface area contributed by atoms with Crippen LogP contribution >= 0.6 is 11.6 Å². The number of hydrogen-bond donors (Lipinski definition) is 3. The summed E-state index contributed by atoms with van der Waals surface area (Å²) in [7, 11) is 4.01. The molecule has 0 spiro atoms. The maximum Gasteiger partial charge on any atom is 0.273 e. The number of aryl methyl sites for hydroxylation is 1. The smallest absolute Gasteiger partial charge is 0.273 e. The molecular formula is C19H28ClN7O3S. The standard InChI is InChI=1S/C19H28ClN7O3S/c1-13-5-7-14(8-6-13)26(31(29)30)10-4-11-27(2,3)12-9-23-19(28)15-17(21)25-18(22)16(20)24-15/h5-8H,4,9-12H2,1-3H3,(H5-,21,22,23,25,28,29,30). The molecule has 0 saturated carbocycles. The van der Waals surface area contributed by atoms with E-state index in [1.165, 1.54) is 4.31 Å². The molecule has 0 fully saturated rings.